The van der Waals surface area contributed by atoms with Crippen molar-refractivity contribution >= 4 is 35.0 Å². The zero-order valence-electron chi connectivity index (χ0n) is 18.1. The van der Waals surface area contributed by atoms with Gasteiger partial charge in [0, 0.05) is 5.69 Å². The summed E-state index contributed by atoms with van der Waals surface area (Å²) in [5.74, 6) is -0.487. The summed E-state index contributed by atoms with van der Waals surface area (Å²) >= 11 is 1.22. The molecule has 2 N–H and O–H groups in total. The monoisotopic (exact) mass is 458 g/mol. The predicted molar refractivity (Wildman–Crippen MR) is 129 cm³/mol. The number of carbonyl (C=O) groups is 2. The molecule has 8 nitrogen and oxygen atoms in total. The summed E-state index contributed by atoms with van der Waals surface area (Å²) in [5, 5.41) is 18.0. The van der Waals surface area contributed by atoms with Crippen LogP contribution >= 0.6 is 11.8 Å². The first-order chi connectivity index (χ1) is 16.0. The highest BCUT2D eigenvalue weighted by Crippen LogP contribution is 2.22. The van der Waals surface area contributed by atoms with E-state index in [-0.39, 0.29) is 17.6 Å². The van der Waals surface area contributed by atoms with Crippen molar-refractivity contribution in [2.24, 2.45) is 0 Å². The fourth-order valence-electron chi connectivity index (χ4n) is 3.29. The van der Waals surface area contributed by atoms with E-state index in [0.29, 0.717) is 22.1 Å². The Bertz CT molecular complexity index is 1290. The molecular weight excluding hydrogens is 436 g/mol. The minimum absolute atomic E-state index is 0.0833. The van der Waals surface area contributed by atoms with Gasteiger partial charge in [-0.2, -0.15) is 4.68 Å². The number of thioether (sulfide) groups is 1. The molecule has 2 amide bonds. The molecule has 0 bridgehead atoms. The number of aromatic nitrogens is 4. The maximum absolute atomic E-state index is 12.7. The van der Waals surface area contributed by atoms with Gasteiger partial charge in [-0.25, -0.2) is 0 Å². The summed E-state index contributed by atoms with van der Waals surface area (Å²) in [6.45, 7) is 4.01. The number of aryl methyl sites for hydroxylation is 2. The molecule has 0 radical (unpaired) electrons. The molecule has 4 aromatic rings. The Morgan fingerprint density at radius 3 is 2.48 bits per heavy atom. The first-order valence-electron chi connectivity index (χ1n) is 10.3. The first kappa shape index (κ1) is 22.2. The molecule has 0 spiro atoms. The molecule has 0 saturated heterocycles. The molecular formula is C24H22N6O2S. The summed E-state index contributed by atoms with van der Waals surface area (Å²) in [6, 6.07) is 22.0. The Morgan fingerprint density at radius 2 is 1.70 bits per heavy atom. The third kappa shape index (κ3) is 5.45. The van der Waals surface area contributed by atoms with Crippen LogP contribution in [0.5, 0.6) is 0 Å². The highest BCUT2D eigenvalue weighted by Gasteiger charge is 2.16. The van der Waals surface area contributed by atoms with Crippen LogP contribution in [0.15, 0.2) is 78.0 Å². The standard InChI is InChI=1S/C24H22N6O2S/c1-16-12-13-21(17(2)14-16)30-24(27-28-29-30)33-15-22(31)26-20-11-7-6-10-19(20)23(32)25-18-8-4-3-5-9-18/h3-14H,15H2,1-2H3,(H,25,32)(H,26,31). The molecule has 0 aliphatic carbocycles. The van der Waals surface area contributed by atoms with Gasteiger partial charge in [0.2, 0.25) is 11.1 Å². The quantitative estimate of drug-likeness (QED) is 0.401. The lowest BCUT2D eigenvalue weighted by atomic mass is 10.1. The van der Waals surface area contributed by atoms with Crippen LogP contribution in [0.1, 0.15) is 21.5 Å². The molecule has 0 unspecified atom stereocenters. The second kappa shape index (κ2) is 10.1. The van der Waals surface area contributed by atoms with Crippen molar-refractivity contribution in [3.63, 3.8) is 0 Å². The largest absolute Gasteiger partial charge is 0.325 e. The van der Waals surface area contributed by atoms with Crippen LogP contribution in [0.4, 0.5) is 11.4 Å². The number of benzene rings is 3. The van der Waals surface area contributed by atoms with E-state index >= 15 is 0 Å². The fourth-order valence-corrected chi connectivity index (χ4v) is 3.97. The number of nitrogens with zero attached hydrogens (tertiary/aromatic N) is 4. The third-order valence-corrected chi connectivity index (χ3v) is 5.75. The molecule has 1 heterocycles. The van der Waals surface area contributed by atoms with Crippen LogP contribution in [-0.2, 0) is 4.79 Å². The van der Waals surface area contributed by atoms with E-state index in [0.717, 1.165) is 16.8 Å². The second-order valence-corrected chi connectivity index (χ2v) is 8.31. The minimum atomic E-state index is -0.302. The summed E-state index contributed by atoms with van der Waals surface area (Å²) in [7, 11) is 0. The maximum atomic E-state index is 12.7. The Morgan fingerprint density at radius 1 is 0.939 bits per heavy atom. The van der Waals surface area contributed by atoms with E-state index in [2.05, 4.69) is 32.2 Å². The molecule has 0 saturated carbocycles. The molecule has 9 heteroatoms. The topological polar surface area (TPSA) is 102 Å². The van der Waals surface area contributed by atoms with Crippen molar-refractivity contribution < 1.29 is 9.59 Å². The number of nitrogens with one attached hydrogen (secondary N) is 2. The molecule has 0 aliphatic heterocycles. The van der Waals surface area contributed by atoms with Gasteiger partial charge in [0.05, 0.1) is 22.7 Å². The summed E-state index contributed by atoms with van der Waals surface area (Å²) in [5.41, 5.74) is 4.53. The first-order valence-corrected chi connectivity index (χ1v) is 11.2. The smallest absolute Gasteiger partial charge is 0.257 e. The number of rotatable bonds is 7. The summed E-state index contributed by atoms with van der Waals surface area (Å²) < 4.78 is 1.62. The van der Waals surface area contributed by atoms with Crippen LogP contribution in [-0.4, -0.2) is 37.8 Å². The molecule has 0 atom stereocenters. The Hall–Kier alpha value is -3.98. The van der Waals surface area contributed by atoms with Crippen molar-refractivity contribution in [3.05, 3.63) is 89.5 Å². The molecule has 0 fully saturated rings. The van der Waals surface area contributed by atoms with Gasteiger partial charge in [0.25, 0.3) is 5.91 Å². The van der Waals surface area contributed by atoms with E-state index in [1.807, 2.05) is 44.2 Å². The van der Waals surface area contributed by atoms with Gasteiger partial charge in [-0.3, -0.25) is 9.59 Å². The zero-order chi connectivity index (χ0) is 23.2. The summed E-state index contributed by atoms with van der Waals surface area (Å²) in [6.07, 6.45) is 0. The highest BCUT2D eigenvalue weighted by atomic mass is 32.2. The van der Waals surface area contributed by atoms with Crippen molar-refractivity contribution in [2.75, 3.05) is 16.4 Å². The number of para-hydroxylation sites is 2. The second-order valence-electron chi connectivity index (χ2n) is 7.37. The van der Waals surface area contributed by atoms with Gasteiger partial charge in [0.1, 0.15) is 0 Å². The van der Waals surface area contributed by atoms with E-state index < -0.39 is 0 Å². The number of tetrazole rings is 1. The average molecular weight is 459 g/mol. The number of hydrogen-bond acceptors (Lipinski definition) is 6. The molecule has 4 rings (SSSR count). The van der Waals surface area contributed by atoms with E-state index in [4.69, 9.17) is 0 Å². The summed E-state index contributed by atoms with van der Waals surface area (Å²) in [4.78, 5) is 25.4. The Labute approximate surface area is 195 Å². The maximum Gasteiger partial charge on any atom is 0.257 e. The molecule has 33 heavy (non-hydrogen) atoms. The van der Waals surface area contributed by atoms with Crippen LogP contribution in [0.2, 0.25) is 0 Å². The van der Waals surface area contributed by atoms with E-state index in [1.165, 1.54) is 11.8 Å². The van der Waals surface area contributed by atoms with Gasteiger partial charge in [0.15, 0.2) is 0 Å². The SMILES string of the molecule is Cc1ccc(-n2nnnc2SCC(=O)Nc2ccccc2C(=O)Nc2ccccc2)c(C)c1. The number of anilines is 2. The Kier molecular flexibility index (Phi) is 6.80. The third-order valence-electron chi connectivity index (χ3n) is 4.83. The van der Waals surface area contributed by atoms with Gasteiger partial charge >= 0.3 is 0 Å². The van der Waals surface area contributed by atoms with E-state index in [1.54, 1.807) is 41.1 Å². The lowest BCUT2D eigenvalue weighted by molar-refractivity contribution is -0.113. The molecule has 1 aromatic heterocycles. The zero-order valence-corrected chi connectivity index (χ0v) is 19.0. The molecule has 0 aliphatic rings. The highest BCUT2D eigenvalue weighted by molar-refractivity contribution is 7.99. The molecule has 3 aromatic carbocycles. The van der Waals surface area contributed by atoms with Crippen molar-refractivity contribution in [2.45, 2.75) is 19.0 Å². The molecule has 166 valence electrons. The fraction of sp³-hybridized carbons (Fsp3) is 0.125. The van der Waals surface area contributed by atoms with Gasteiger partial charge in [-0.05, 0) is 60.2 Å². The normalized spacial score (nSPS) is 10.6. The number of carbonyl (C=O) groups excluding carboxylic acids is 2. The van der Waals surface area contributed by atoms with E-state index in [9.17, 15) is 9.59 Å². The lowest BCUT2D eigenvalue weighted by Crippen LogP contribution is -2.19. The minimum Gasteiger partial charge on any atom is -0.325 e. The van der Waals surface area contributed by atoms with Gasteiger partial charge in [-0.1, -0.05) is 59.8 Å². The van der Waals surface area contributed by atoms with Crippen molar-refractivity contribution in [1.82, 2.24) is 20.2 Å². The van der Waals surface area contributed by atoms with Crippen molar-refractivity contribution in [3.8, 4) is 5.69 Å². The number of amides is 2. The average Bonchev–Trinajstić information content (AvgIpc) is 3.27. The lowest BCUT2D eigenvalue weighted by Gasteiger charge is -2.12. The predicted octanol–water partition coefficient (Wildman–Crippen LogP) is 4.26. The van der Waals surface area contributed by atoms with Crippen molar-refractivity contribution in [1.29, 1.82) is 0 Å². The number of hydrogen-bond donors (Lipinski definition) is 2. The van der Waals surface area contributed by atoms with Crippen LogP contribution in [0, 0.1) is 13.8 Å². The van der Waals surface area contributed by atoms with Crippen LogP contribution in [0.3, 0.4) is 0 Å². The van der Waals surface area contributed by atoms with Gasteiger partial charge in [-0.15, -0.1) is 5.10 Å². The Balaban J connectivity index is 1.43. The van der Waals surface area contributed by atoms with Crippen LogP contribution < -0.4 is 10.6 Å². The van der Waals surface area contributed by atoms with Crippen LogP contribution in [0.25, 0.3) is 5.69 Å². The van der Waals surface area contributed by atoms with Gasteiger partial charge < -0.3 is 10.6 Å².